The maximum absolute atomic E-state index is 5.96. The van der Waals surface area contributed by atoms with E-state index in [0.717, 1.165) is 73.6 Å². The summed E-state index contributed by atoms with van der Waals surface area (Å²) in [6, 6.07) is 6.01. The molecule has 130 valence electrons. The van der Waals surface area contributed by atoms with Crippen molar-refractivity contribution < 1.29 is 0 Å². The molecule has 3 aromatic rings. The predicted molar refractivity (Wildman–Crippen MR) is 99.2 cm³/mol. The van der Waals surface area contributed by atoms with Gasteiger partial charge in [-0.1, -0.05) is 0 Å². The van der Waals surface area contributed by atoms with Crippen LogP contribution in [-0.2, 0) is 6.42 Å². The van der Waals surface area contributed by atoms with Crippen LogP contribution in [0.2, 0.25) is 0 Å². The van der Waals surface area contributed by atoms with Crippen LogP contribution in [0.5, 0.6) is 0 Å². The summed E-state index contributed by atoms with van der Waals surface area (Å²) in [5.74, 6) is 0.327. The van der Waals surface area contributed by atoms with E-state index in [2.05, 4.69) is 30.2 Å². The maximum Gasteiger partial charge on any atom is 0.220 e. The third-order valence-corrected chi connectivity index (χ3v) is 4.64. The van der Waals surface area contributed by atoms with Gasteiger partial charge in [-0.15, -0.1) is 0 Å². The van der Waals surface area contributed by atoms with Crippen LogP contribution in [0.3, 0.4) is 0 Å². The van der Waals surface area contributed by atoms with Gasteiger partial charge in [0.2, 0.25) is 5.95 Å². The number of rotatable bonds is 5. The fourth-order valence-electron chi connectivity index (χ4n) is 3.37. The van der Waals surface area contributed by atoms with Crippen molar-refractivity contribution in [2.45, 2.75) is 12.8 Å². The smallest absolute Gasteiger partial charge is 0.220 e. The lowest BCUT2D eigenvalue weighted by molar-refractivity contribution is 0.238. The van der Waals surface area contributed by atoms with E-state index < -0.39 is 0 Å². The van der Waals surface area contributed by atoms with Crippen LogP contribution in [0.4, 0.5) is 5.95 Å². The van der Waals surface area contributed by atoms with Crippen molar-refractivity contribution in [3.05, 3.63) is 36.3 Å². The SMILES string of the molecule is Nc1nc(CCCN2CCNCC2)cc(-c2c[nH]c3ncccc23)n1. The number of aromatic amines is 1. The molecule has 3 aromatic heterocycles. The Bertz CT molecular complexity index is 852. The summed E-state index contributed by atoms with van der Waals surface area (Å²) in [6.07, 6.45) is 5.69. The molecule has 0 saturated carbocycles. The number of aryl methyl sites for hydroxylation is 1. The molecule has 1 aliphatic heterocycles. The van der Waals surface area contributed by atoms with Crippen LogP contribution in [0.25, 0.3) is 22.3 Å². The van der Waals surface area contributed by atoms with Gasteiger partial charge in [0.15, 0.2) is 0 Å². The minimum atomic E-state index is 0.327. The number of nitrogens with one attached hydrogen (secondary N) is 2. The van der Waals surface area contributed by atoms with Crippen molar-refractivity contribution >= 4 is 17.0 Å². The van der Waals surface area contributed by atoms with E-state index >= 15 is 0 Å². The van der Waals surface area contributed by atoms with Crippen LogP contribution in [0, 0.1) is 0 Å². The lowest BCUT2D eigenvalue weighted by Gasteiger charge is -2.26. The van der Waals surface area contributed by atoms with Gasteiger partial charge in [0.1, 0.15) is 5.65 Å². The third kappa shape index (κ3) is 3.62. The highest BCUT2D eigenvalue weighted by Gasteiger charge is 2.12. The summed E-state index contributed by atoms with van der Waals surface area (Å²) in [5, 5.41) is 4.43. The van der Waals surface area contributed by atoms with Gasteiger partial charge in [-0.05, 0) is 37.6 Å². The number of hydrogen-bond acceptors (Lipinski definition) is 6. The zero-order valence-electron chi connectivity index (χ0n) is 14.2. The van der Waals surface area contributed by atoms with Gasteiger partial charge in [-0.3, -0.25) is 0 Å². The molecule has 4 N–H and O–H groups in total. The molecule has 0 spiro atoms. The first-order valence-corrected chi connectivity index (χ1v) is 8.78. The fraction of sp³-hybridized carbons (Fsp3) is 0.389. The molecule has 1 aliphatic rings. The minimum absolute atomic E-state index is 0.327. The lowest BCUT2D eigenvalue weighted by atomic mass is 10.1. The molecular weight excluding hydrogens is 314 g/mol. The van der Waals surface area contributed by atoms with E-state index in [0.29, 0.717) is 5.95 Å². The number of nitrogens with zero attached hydrogens (tertiary/aromatic N) is 4. The normalized spacial score (nSPS) is 15.7. The highest BCUT2D eigenvalue weighted by atomic mass is 15.2. The molecule has 7 heteroatoms. The summed E-state index contributed by atoms with van der Waals surface area (Å²) < 4.78 is 0. The number of anilines is 1. The molecule has 4 heterocycles. The largest absolute Gasteiger partial charge is 0.368 e. The van der Waals surface area contributed by atoms with Gasteiger partial charge >= 0.3 is 0 Å². The number of nitrogen functional groups attached to an aromatic ring is 1. The fourth-order valence-corrected chi connectivity index (χ4v) is 3.37. The van der Waals surface area contributed by atoms with E-state index in [1.807, 2.05) is 24.4 Å². The van der Waals surface area contributed by atoms with Crippen LogP contribution in [0.1, 0.15) is 12.1 Å². The Hall–Kier alpha value is -2.51. The maximum atomic E-state index is 5.96. The Kier molecular flexibility index (Phi) is 4.58. The molecule has 0 aromatic carbocycles. The van der Waals surface area contributed by atoms with E-state index in [-0.39, 0.29) is 0 Å². The third-order valence-electron chi connectivity index (χ3n) is 4.64. The summed E-state index contributed by atoms with van der Waals surface area (Å²) in [7, 11) is 0. The Morgan fingerprint density at radius 1 is 1.20 bits per heavy atom. The zero-order valence-corrected chi connectivity index (χ0v) is 14.2. The van der Waals surface area contributed by atoms with Gasteiger partial charge in [-0.2, -0.15) is 0 Å². The Balaban J connectivity index is 1.50. The molecule has 0 radical (unpaired) electrons. The number of hydrogen-bond donors (Lipinski definition) is 3. The first kappa shape index (κ1) is 16.0. The quantitative estimate of drug-likeness (QED) is 0.652. The van der Waals surface area contributed by atoms with Crippen molar-refractivity contribution in [2.75, 3.05) is 38.5 Å². The standard InChI is InChI=1S/C18H23N7/c19-18-23-13(3-2-8-25-9-6-20-7-10-25)11-16(24-18)15-12-22-17-14(15)4-1-5-21-17/h1,4-5,11-12,20H,2-3,6-10H2,(H,21,22)(H2,19,23,24). The number of pyridine rings is 1. The van der Waals surface area contributed by atoms with Gasteiger partial charge in [0, 0.05) is 55.2 Å². The van der Waals surface area contributed by atoms with Crippen molar-refractivity contribution in [3.8, 4) is 11.3 Å². The van der Waals surface area contributed by atoms with E-state index in [4.69, 9.17) is 5.73 Å². The van der Waals surface area contributed by atoms with Crippen molar-refractivity contribution in [3.63, 3.8) is 0 Å². The first-order valence-electron chi connectivity index (χ1n) is 8.78. The molecule has 4 rings (SSSR count). The topological polar surface area (TPSA) is 95.8 Å². The van der Waals surface area contributed by atoms with Crippen LogP contribution in [0.15, 0.2) is 30.6 Å². The van der Waals surface area contributed by atoms with Crippen LogP contribution < -0.4 is 11.1 Å². The highest BCUT2D eigenvalue weighted by Crippen LogP contribution is 2.27. The number of nitrogens with two attached hydrogens (primary N) is 1. The first-order chi connectivity index (χ1) is 12.3. The Morgan fingerprint density at radius 2 is 2.08 bits per heavy atom. The van der Waals surface area contributed by atoms with Crippen LogP contribution >= 0.6 is 0 Å². The zero-order chi connectivity index (χ0) is 17.1. The summed E-state index contributed by atoms with van der Waals surface area (Å²) >= 11 is 0. The lowest BCUT2D eigenvalue weighted by Crippen LogP contribution is -2.43. The molecule has 7 nitrogen and oxygen atoms in total. The second kappa shape index (κ2) is 7.16. The predicted octanol–water partition coefficient (Wildman–Crippen LogP) is 1.44. The van der Waals surface area contributed by atoms with Crippen LogP contribution in [-0.4, -0.2) is 57.6 Å². The molecule has 0 bridgehead atoms. The van der Waals surface area contributed by atoms with Crippen molar-refractivity contribution in [1.29, 1.82) is 0 Å². The second-order valence-electron chi connectivity index (χ2n) is 6.40. The number of aromatic nitrogens is 4. The number of piperazine rings is 1. The summed E-state index contributed by atoms with van der Waals surface area (Å²) in [4.78, 5) is 18.9. The molecule has 0 atom stereocenters. The van der Waals surface area contributed by atoms with Gasteiger partial charge < -0.3 is 20.9 Å². The average Bonchev–Trinajstić information content (AvgIpc) is 3.06. The second-order valence-corrected chi connectivity index (χ2v) is 6.40. The van der Waals surface area contributed by atoms with E-state index in [9.17, 15) is 0 Å². The highest BCUT2D eigenvalue weighted by molar-refractivity contribution is 5.92. The Labute approximate surface area is 146 Å². The molecule has 25 heavy (non-hydrogen) atoms. The van der Waals surface area contributed by atoms with Gasteiger partial charge in [0.05, 0.1) is 5.69 Å². The molecule has 0 unspecified atom stereocenters. The summed E-state index contributed by atoms with van der Waals surface area (Å²) in [6.45, 7) is 5.51. The molecule has 0 amide bonds. The van der Waals surface area contributed by atoms with Crippen molar-refractivity contribution in [2.24, 2.45) is 0 Å². The summed E-state index contributed by atoms with van der Waals surface area (Å²) in [5.41, 5.74) is 9.68. The molecule has 1 fully saturated rings. The van der Waals surface area contributed by atoms with Gasteiger partial charge in [0.25, 0.3) is 0 Å². The minimum Gasteiger partial charge on any atom is -0.368 e. The molecule has 0 aliphatic carbocycles. The van der Waals surface area contributed by atoms with E-state index in [1.54, 1.807) is 6.20 Å². The number of fused-ring (bicyclic) bond motifs is 1. The monoisotopic (exact) mass is 337 g/mol. The van der Waals surface area contributed by atoms with Gasteiger partial charge in [-0.25, -0.2) is 15.0 Å². The van der Waals surface area contributed by atoms with Crippen molar-refractivity contribution in [1.82, 2.24) is 30.2 Å². The Morgan fingerprint density at radius 3 is 2.96 bits per heavy atom. The average molecular weight is 337 g/mol. The molecular formula is C18H23N7. The van der Waals surface area contributed by atoms with E-state index in [1.165, 1.54) is 0 Å². The molecule has 1 saturated heterocycles. The number of H-pyrrole nitrogens is 1.